The minimum Gasteiger partial charge on any atom is -0.393 e. The van der Waals surface area contributed by atoms with Crippen molar-refractivity contribution in [2.24, 2.45) is 0 Å². The molecule has 0 saturated carbocycles. The highest BCUT2D eigenvalue weighted by atomic mass is 16.3. The average Bonchev–Trinajstić information content (AvgIpc) is 2.98. The summed E-state index contributed by atoms with van der Waals surface area (Å²) in [6.45, 7) is 2.41. The first kappa shape index (κ1) is 15.7. The molecule has 2 atom stereocenters. The van der Waals surface area contributed by atoms with E-state index in [2.05, 4.69) is 4.98 Å². The molecule has 2 unspecified atom stereocenters. The highest BCUT2D eigenvalue weighted by Gasteiger charge is 2.29. The van der Waals surface area contributed by atoms with Crippen LogP contribution in [0.5, 0.6) is 0 Å². The van der Waals surface area contributed by atoms with Crippen LogP contribution in [-0.4, -0.2) is 44.2 Å². The number of carbonyl (C=O) groups is 1. The van der Waals surface area contributed by atoms with Gasteiger partial charge in [-0.15, -0.1) is 0 Å². The summed E-state index contributed by atoms with van der Waals surface area (Å²) in [4.78, 5) is 31.0. The SMILES string of the molecule is CC(O)CC1CCCN1C(=O)Cn1cnc2ccccc2c1=O. The molecule has 1 aromatic heterocycles. The number of rotatable bonds is 4. The minimum atomic E-state index is -0.432. The quantitative estimate of drug-likeness (QED) is 0.918. The van der Waals surface area contributed by atoms with Crippen LogP contribution in [0.25, 0.3) is 10.9 Å². The Balaban J connectivity index is 1.80. The molecule has 0 spiro atoms. The van der Waals surface area contributed by atoms with Gasteiger partial charge in [0.15, 0.2) is 0 Å². The lowest BCUT2D eigenvalue weighted by Gasteiger charge is -2.26. The second kappa shape index (κ2) is 6.50. The molecule has 1 N–H and O–H groups in total. The first-order chi connectivity index (χ1) is 11.1. The summed E-state index contributed by atoms with van der Waals surface area (Å²) in [5.74, 6) is -0.0904. The van der Waals surface area contributed by atoms with Crippen LogP contribution in [0.3, 0.4) is 0 Å². The first-order valence-corrected chi connectivity index (χ1v) is 7.98. The van der Waals surface area contributed by atoms with Crippen LogP contribution < -0.4 is 5.56 Å². The van der Waals surface area contributed by atoms with Crippen LogP contribution in [0, 0.1) is 0 Å². The third-order valence-electron chi connectivity index (χ3n) is 4.35. The fraction of sp³-hybridized carbons (Fsp3) is 0.471. The maximum atomic E-state index is 12.6. The molecule has 3 rings (SSSR count). The number of likely N-dealkylation sites (tertiary alicyclic amines) is 1. The maximum Gasteiger partial charge on any atom is 0.261 e. The van der Waals surface area contributed by atoms with Crippen LogP contribution in [0.4, 0.5) is 0 Å². The monoisotopic (exact) mass is 315 g/mol. The highest BCUT2D eigenvalue weighted by molar-refractivity contribution is 5.79. The summed E-state index contributed by atoms with van der Waals surface area (Å²) in [6, 6.07) is 7.18. The van der Waals surface area contributed by atoms with Crippen molar-refractivity contribution in [3.8, 4) is 0 Å². The van der Waals surface area contributed by atoms with Crippen LogP contribution in [0.1, 0.15) is 26.2 Å². The fourth-order valence-electron chi connectivity index (χ4n) is 3.26. The second-order valence-electron chi connectivity index (χ2n) is 6.16. The summed E-state index contributed by atoms with van der Waals surface area (Å²) in [5.41, 5.74) is 0.435. The Kier molecular flexibility index (Phi) is 4.43. The number of fused-ring (bicyclic) bond motifs is 1. The van der Waals surface area contributed by atoms with Gasteiger partial charge in [-0.05, 0) is 38.3 Å². The van der Waals surface area contributed by atoms with Crippen LogP contribution in [0.15, 0.2) is 35.4 Å². The Labute approximate surface area is 134 Å². The number of benzene rings is 1. The van der Waals surface area contributed by atoms with Crippen molar-refractivity contribution >= 4 is 16.8 Å². The molecule has 1 saturated heterocycles. The summed E-state index contributed by atoms with van der Waals surface area (Å²) in [7, 11) is 0. The molecule has 122 valence electrons. The highest BCUT2D eigenvalue weighted by Crippen LogP contribution is 2.21. The molecule has 1 fully saturated rings. The topological polar surface area (TPSA) is 75.4 Å². The number of nitrogens with zero attached hydrogens (tertiary/aromatic N) is 3. The van der Waals surface area contributed by atoms with E-state index in [9.17, 15) is 14.7 Å². The molecule has 1 aromatic carbocycles. The molecule has 1 aliphatic heterocycles. The van der Waals surface area contributed by atoms with E-state index in [1.54, 1.807) is 30.0 Å². The zero-order chi connectivity index (χ0) is 16.4. The van der Waals surface area contributed by atoms with Crippen molar-refractivity contribution < 1.29 is 9.90 Å². The van der Waals surface area contributed by atoms with E-state index in [1.165, 1.54) is 10.9 Å². The molecule has 0 radical (unpaired) electrons. The van der Waals surface area contributed by atoms with Gasteiger partial charge in [0.05, 0.1) is 23.3 Å². The standard InChI is InChI=1S/C17H21N3O3/c1-12(21)9-13-5-4-8-20(13)16(22)10-19-11-18-15-7-3-2-6-14(15)17(19)23/h2-3,6-7,11-13,21H,4-5,8-10H2,1H3. The Bertz CT molecular complexity index is 769. The number of amides is 1. The van der Waals surface area contributed by atoms with E-state index < -0.39 is 6.10 Å². The second-order valence-corrected chi connectivity index (χ2v) is 6.16. The van der Waals surface area contributed by atoms with Crippen molar-refractivity contribution in [2.45, 2.75) is 44.9 Å². The lowest BCUT2D eigenvalue weighted by molar-refractivity contribution is -0.133. The van der Waals surface area contributed by atoms with Gasteiger partial charge in [-0.25, -0.2) is 4.98 Å². The van der Waals surface area contributed by atoms with Gasteiger partial charge < -0.3 is 10.0 Å². The summed E-state index contributed by atoms with van der Waals surface area (Å²) in [6.07, 6.45) is 3.42. The third-order valence-corrected chi connectivity index (χ3v) is 4.35. The van der Waals surface area contributed by atoms with E-state index in [0.29, 0.717) is 23.9 Å². The van der Waals surface area contributed by atoms with E-state index in [1.807, 2.05) is 6.07 Å². The minimum absolute atomic E-state index is 0.00697. The maximum absolute atomic E-state index is 12.6. The van der Waals surface area contributed by atoms with E-state index in [-0.39, 0.29) is 24.1 Å². The molecular formula is C17H21N3O3. The Morgan fingerprint density at radius 2 is 2.22 bits per heavy atom. The molecule has 2 aromatic rings. The van der Waals surface area contributed by atoms with Crippen molar-refractivity contribution in [2.75, 3.05) is 6.54 Å². The molecule has 23 heavy (non-hydrogen) atoms. The van der Waals surface area contributed by atoms with Gasteiger partial charge in [0.25, 0.3) is 5.56 Å². The molecule has 0 bridgehead atoms. The number of aliphatic hydroxyl groups is 1. The number of hydrogen-bond acceptors (Lipinski definition) is 4. The van der Waals surface area contributed by atoms with Gasteiger partial charge in [0, 0.05) is 12.6 Å². The van der Waals surface area contributed by atoms with Gasteiger partial charge in [0.2, 0.25) is 5.91 Å². The van der Waals surface area contributed by atoms with Crippen LogP contribution in [-0.2, 0) is 11.3 Å². The Morgan fingerprint density at radius 1 is 1.43 bits per heavy atom. The zero-order valence-corrected chi connectivity index (χ0v) is 13.2. The van der Waals surface area contributed by atoms with Crippen molar-refractivity contribution in [1.29, 1.82) is 0 Å². The van der Waals surface area contributed by atoms with E-state index in [0.717, 1.165) is 12.8 Å². The van der Waals surface area contributed by atoms with Gasteiger partial charge in [-0.3, -0.25) is 14.2 Å². The number of para-hydroxylation sites is 1. The smallest absolute Gasteiger partial charge is 0.261 e. The molecule has 6 heteroatoms. The molecule has 0 aliphatic carbocycles. The number of aliphatic hydroxyl groups excluding tert-OH is 1. The van der Waals surface area contributed by atoms with Crippen LogP contribution >= 0.6 is 0 Å². The van der Waals surface area contributed by atoms with Gasteiger partial charge in [-0.2, -0.15) is 0 Å². The zero-order valence-electron chi connectivity index (χ0n) is 13.2. The van der Waals surface area contributed by atoms with E-state index >= 15 is 0 Å². The molecule has 1 amide bonds. The molecular weight excluding hydrogens is 294 g/mol. The summed E-state index contributed by atoms with van der Waals surface area (Å²) in [5, 5.41) is 10.1. The first-order valence-electron chi connectivity index (χ1n) is 7.98. The predicted molar refractivity (Wildman–Crippen MR) is 87.0 cm³/mol. The molecule has 1 aliphatic rings. The van der Waals surface area contributed by atoms with Gasteiger partial charge in [0.1, 0.15) is 6.54 Å². The van der Waals surface area contributed by atoms with E-state index in [4.69, 9.17) is 0 Å². The lowest BCUT2D eigenvalue weighted by atomic mass is 10.1. The average molecular weight is 315 g/mol. The van der Waals surface area contributed by atoms with Crippen LogP contribution in [0.2, 0.25) is 0 Å². The predicted octanol–water partition coefficient (Wildman–Crippen LogP) is 1.16. The molecule has 2 heterocycles. The van der Waals surface area contributed by atoms with Gasteiger partial charge >= 0.3 is 0 Å². The van der Waals surface area contributed by atoms with Gasteiger partial charge in [-0.1, -0.05) is 12.1 Å². The number of aromatic nitrogens is 2. The lowest BCUT2D eigenvalue weighted by Crippen LogP contribution is -2.40. The number of carbonyl (C=O) groups excluding carboxylic acids is 1. The Hall–Kier alpha value is -2.21. The van der Waals surface area contributed by atoms with Crippen molar-refractivity contribution in [3.05, 3.63) is 40.9 Å². The van der Waals surface area contributed by atoms with Crippen molar-refractivity contribution in [1.82, 2.24) is 14.5 Å². The summed E-state index contributed by atoms with van der Waals surface area (Å²) < 4.78 is 1.36. The van der Waals surface area contributed by atoms with Crippen molar-refractivity contribution in [3.63, 3.8) is 0 Å². The normalized spacial score (nSPS) is 19.2. The largest absolute Gasteiger partial charge is 0.393 e. The number of hydrogen-bond donors (Lipinski definition) is 1. The Morgan fingerprint density at radius 3 is 3.00 bits per heavy atom. The summed E-state index contributed by atoms with van der Waals surface area (Å²) >= 11 is 0. The fourth-order valence-corrected chi connectivity index (χ4v) is 3.26. The third kappa shape index (κ3) is 3.27. The molecule has 6 nitrogen and oxygen atoms in total.